The second-order valence-electron chi connectivity index (χ2n) is 6.83. The zero-order chi connectivity index (χ0) is 16.9. The predicted octanol–water partition coefficient (Wildman–Crippen LogP) is 2.22. The average Bonchev–Trinajstić information content (AvgIpc) is 2.65. The molecule has 0 saturated carbocycles. The second-order valence-corrected chi connectivity index (χ2v) is 6.83. The lowest BCUT2D eigenvalue weighted by Crippen LogP contribution is -2.40. The molecule has 1 aromatic rings. The maximum absolute atomic E-state index is 12.3. The number of aryl methyl sites for hydroxylation is 1. The Morgan fingerprint density at radius 3 is 2.41 bits per heavy atom. The van der Waals surface area contributed by atoms with Crippen molar-refractivity contribution in [1.82, 2.24) is 15.1 Å². The normalized spacial score (nSPS) is 13.0. The molecule has 1 aromatic heterocycles. The molecule has 0 aliphatic rings. The van der Waals surface area contributed by atoms with E-state index in [4.69, 9.17) is 5.11 Å². The number of nitrogens with one attached hydrogen (secondary N) is 1. The summed E-state index contributed by atoms with van der Waals surface area (Å²) in [5.74, 6) is 0.832. The molecule has 1 amide bonds. The first-order valence-electron chi connectivity index (χ1n) is 8.19. The summed E-state index contributed by atoms with van der Waals surface area (Å²) in [6.45, 7) is 13.4. The van der Waals surface area contributed by atoms with Crippen molar-refractivity contribution in [2.24, 2.45) is 11.8 Å². The van der Waals surface area contributed by atoms with Crippen LogP contribution in [-0.2, 0) is 17.8 Å². The summed E-state index contributed by atoms with van der Waals surface area (Å²) in [6.07, 6.45) is 0.943. The first kappa shape index (κ1) is 18.7. The molecule has 2 N–H and O–H groups in total. The van der Waals surface area contributed by atoms with E-state index in [2.05, 4.69) is 38.1 Å². The Morgan fingerprint density at radius 1 is 1.27 bits per heavy atom. The van der Waals surface area contributed by atoms with Gasteiger partial charge in [0.05, 0.1) is 12.1 Å². The Bertz CT molecular complexity index is 492. The fourth-order valence-corrected chi connectivity index (χ4v) is 2.64. The third-order valence-corrected chi connectivity index (χ3v) is 4.00. The van der Waals surface area contributed by atoms with Gasteiger partial charge in [0.2, 0.25) is 5.91 Å². The van der Waals surface area contributed by atoms with Gasteiger partial charge in [-0.05, 0) is 32.1 Å². The van der Waals surface area contributed by atoms with E-state index in [1.165, 1.54) is 0 Å². The molecule has 0 radical (unpaired) electrons. The van der Waals surface area contributed by atoms with Gasteiger partial charge in [-0.2, -0.15) is 5.10 Å². The lowest BCUT2D eigenvalue weighted by molar-refractivity contribution is -0.121. The van der Waals surface area contributed by atoms with Crippen LogP contribution in [0.3, 0.4) is 0 Å². The zero-order valence-corrected chi connectivity index (χ0v) is 14.8. The molecule has 5 heteroatoms. The molecular formula is C17H31N3O2. The Balaban J connectivity index is 2.77. The van der Waals surface area contributed by atoms with Crippen LogP contribution in [0.15, 0.2) is 0 Å². The van der Waals surface area contributed by atoms with Crippen molar-refractivity contribution in [3.63, 3.8) is 0 Å². The SMILES string of the molecule is Cc1nn(CC(C)C)c(C)c1CC(=O)NC(CCO)C(C)C. The van der Waals surface area contributed by atoms with Gasteiger partial charge in [-0.1, -0.05) is 27.7 Å². The number of aliphatic hydroxyl groups is 1. The summed E-state index contributed by atoms with van der Waals surface area (Å²) in [5.41, 5.74) is 3.02. The molecule has 0 aliphatic heterocycles. The van der Waals surface area contributed by atoms with E-state index in [1.54, 1.807) is 0 Å². The van der Waals surface area contributed by atoms with Gasteiger partial charge in [0.15, 0.2) is 0 Å². The third-order valence-electron chi connectivity index (χ3n) is 4.00. The minimum Gasteiger partial charge on any atom is -0.396 e. The summed E-state index contributed by atoms with van der Waals surface area (Å²) in [4.78, 5) is 12.3. The van der Waals surface area contributed by atoms with E-state index < -0.39 is 0 Å². The number of rotatable bonds is 8. The summed E-state index contributed by atoms with van der Waals surface area (Å²) in [6, 6.07) is 0.0174. The maximum Gasteiger partial charge on any atom is 0.224 e. The minimum atomic E-state index is 0.00227. The molecule has 0 fully saturated rings. The van der Waals surface area contributed by atoms with Crippen molar-refractivity contribution in [1.29, 1.82) is 0 Å². The fourth-order valence-electron chi connectivity index (χ4n) is 2.64. The minimum absolute atomic E-state index is 0.00227. The molecular weight excluding hydrogens is 278 g/mol. The van der Waals surface area contributed by atoms with E-state index in [0.717, 1.165) is 23.5 Å². The average molecular weight is 309 g/mol. The molecule has 1 rings (SSSR count). The number of carbonyl (C=O) groups excluding carboxylic acids is 1. The number of hydrogen-bond acceptors (Lipinski definition) is 3. The molecule has 0 aromatic carbocycles. The lowest BCUT2D eigenvalue weighted by Gasteiger charge is -2.21. The first-order chi connectivity index (χ1) is 10.3. The van der Waals surface area contributed by atoms with Crippen molar-refractivity contribution >= 4 is 5.91 Å². The molecule has 0 aliphatic carbocycles. The highest BCUT2D eigenvalue weighted by Gasteiger charge is 2.19. The van der Waals surface area contributed by atoms with E-state index in [9.17, 15) is 4.79 Å². The van der Waals surface area contributed by atoms with Crippen LogP contribution < -0.4 is 5.32 Å². The monoisotopic (exact) mass is 309 g/mol. The smallest absolute Gasteiger partial charge is 0.224 e. The van der Waals surface area contributed by atoms with E-state index in [0.29, 0.717) is 24.7 Å². The molecule has 22 heavy (non-hydrogen) atoms. The van der Waals surface area contributed by atoms with E-state index in [1.807, 2.05) is 18.5 Å². The summed E-state index contributed by atoms with van der Waals surface area (Å²) in [5, 5.41) is 16.7. The van der Waals surface area contributed by atoms with Gasteiger partial charge in [-0.25, -0.2) is 0 Å². The van der Waals surface area contributed by atoms with Crippen LogP contribution in [0.2, 0.25) is 0 Å². The third kappa shape index (κ3) is 5.13. The number of aromatic nitrogens is 2. The van der Waals surface area contributed by atoms with Gasteiger partial charge in [0, 0.05) is 30.5 Å². The number of amides is 1. The van der Waals surface area contributed by atoms with Crippen molar-refractivity contribution < 1.29 is 9.90 Å². The zero-order valence-electron chi connectivity index (χ0n) is 14.8. The fraction of sp³-hybridized carbons (Fsp3) is 0.765. The van der Waals surface area contributed by atoms with Crippen LogP contribution in [0.1, 0.15) is 51.1 Å². The van der Waals surface area contributed by atoms with Gasteiger partial charge in [-0.15, -0.1) is 0 Å². The van der Waals surface area contributed by atoms with E-state index >= 15 is 0 Å². The molecule has 126 valence electrons. The number of nitrogens with zero attached hydrogens (tertiary/aromatic N) is 2. The van der Waals surface area contributed by atoms with Gasteiger partial charge >= 0.3 is 0 Å². The number of aliphatic hydroxyl groups excluding tert-OH is 1. The highest BCUT2D eigenvalue weighted by atomic mass is 16.3. The van der Waals surface area contributed by atoms with Crippen LogP contribution in [0.4, 0.5) is 0 Å². The first-order valence-corrected chi connectivity index (χ1v) is 8.19. The number of carbonyl (C=O) groups is 1. The standard InChI is InChI=1S/C17H31N3O2/c1-11(2)10-20-14(6)15(13(5)19-20)9-17(22)18-16(7-8-21)12(3)4/h11-12,16,21H,7-10H2,1-6H3,(H,18,22). The Kier molecular flexibility index (Phi) is 7.07. The summed E-state index contributed by atoms with van der Waals surface area (Å²) >= 11 is 0. The van der Waals surface area contributed by atoms with Gasteiger partial charge in [0.1, 0.15) is 0 Å². The molecule has 0 bridgehead atoms. The Morgan fingerprint density at radius 2 is 1.91 bits per heavy atom. The topological polar surface area (TPSA) is 67.2 Å². The van der Waals surface area contributed by atoms with Gasteiger partial charge in [-0.3, -0.25) is 9.48 Å². The van der Waals surface area contributed by atoms with Crippen molar-refractivity contribution in [2.75, 3.05) is 6.61 Å². The summed E-state index contributed by atoms with van der Waals surface area (Å²) < 4.78 is 2.00. The molecule has 0 spiro atoms. The summed E-state index contributed by atoms with van der Waals surface area (Å²) in [7, 11) is 0. The van der Waals surface area contributed by atoms with Crippen molar-refractivity contribution in [3.8, 4) is 0 Å². The predicted molar refractivity (Wildman–Crippen MR) is 88.7 cm³/mol. The number of hydrogen-bond donors (Lipinski definition) is 2. The quantitative estimate of drug-likeness (QED) is 0.774. The molecule has 1 atom stereocenters. The van der Waals surface area contributed by atoms with Crippen LogP contribution in [-0.4, -0.2) is 33.4 Å². The Labute approximate surface area is 134 Å². The molecule has 1 heterocycles. The van der Waals surface area contributed by atoms with Crippen LogP contribution >= 0.6 is 0 Å². The maximum atomic E-state index is 12.3. The van der Waals surface area contributed by atoms with Crippen molar-refractivity contribution in [2.45, 2.75) is 67.0 Å². The van der Waals surface area contributed by atoms with Crippen LogP contribution in [0.5, 0.6) is 0 Å². The Hall–Kier alpha value is -1.36. The van der Waals surface area contributed by atoms with Gasteiger partial charge < -0.3 is 10.4 Å². The lowest BCUT2D eigenvalue weighted by atomic mass is 10.0. The second kappa shape index (κ2) is 8.32. The van der Waals surface area contributed by atoms with Crippen LogP contribution in [0.25, 0.3) is 0 Å². The van der Waals surface area contributed by atoms with E-state index in [-0.39, 0.29) is 18.6 Å². The van der Waals surface area contributed by atoms with Crippen LogP contribution in [0, 0.1) is 25.7 Å². The molecule has 5 nitrogen and oxygen atoms in total. The highest BCUT2D eigenvalue weighted by molar-refractivity contribution is 5.79. The van der Waals surface area contributed by atoms with Crippen molar-refractivity contribution in [3.05, 3.63) is 17.0 Å². The van der Waals surface area contributed by atoms with Gasteiger partial charge in [0.25, 0.3) is 0 Å². The highest BCUT2D eigenvalue weighted by Crippen LogP contribution is 2.16. The molecule has 1 unspecified atom stereocenters. The molecule has 0 saturated heterocycles. The largest absolute Gasteiger partial charge is 0.396 e.